The van der Waals surface area contributed by atoms with Crippen LogP contribution in [0.2, 0.25) is 0 Å². The van der Waals surface area contributed by atoms with Gasteiger partial charge in [0.2, 0.25) is 0 Å². The summed E-state index contributed by atoms with van der Waals surface area (Å²) in [6, 6.07) is 10.7. The third kappa shape index (κ3) is 2.17. The van der Waals surface area contributed by atoms with Gasteiger partial charge in [-0.15, -0.1) is 0 Å². The summed E-state index contributed by atoms with van der Waals surface area (Å²) in [6.45, 7) is 1.25. The third-order valence-electron chi connectivity index (χ3n) is 2.77. The zero-order valence-corrected chi connectivity index (χ0v) is 8.19. The van der Waals surface area contributed by atoms with Gasteiger partial charge in [0.05, 0.1) is 6.61 Å². The summed E-state index contributed by atoms with van der Waals surface area (Å²) in [6.07, 6.45) is 1.13. The SMILES string of the molecule is OC[C@H]1NCC[C@@H]1c1ccccc1.[B]. The van der Waals surface area contributed by atoms with Crippen molar-refractivity contribution in [1.29, 1.82) is 0 Å². The average Bonchev–Trinajstić information content (AvgIpc) is 2.67. The van der Waals surface area contributed by atoms with Gasteiger partial charge in [-0.2, -0.15) is 0 Å². The molecule has 0 unspecified atom stereocenters. The molecule has 3 radical (unpaired) electrons. The lowest BCUT2D eigenvalue weighted by Gasteiger charge is -2.17. The number of rotatable bonds is 2. The second kappa shape index (κ2) is 5.18. The maximum absolute atomic E-state index is 9.14. The Balaban J connectivity index is 0.000000980. The first-order chi connectivity index (χ1) is 6.42. The molecule has 0 spiro atoms. The van der Waals surface area contributed by atoms with Crippen molar-refractivity contribution in [2.24, 2.45) is 0 Å². The molecule has 1 fully saturated rings. The van der Waals surface area contributed by atoms with Crippen molar-refractivity contribution in [3.8, 4) is 0 Å². The molecule has 1 aliphatic heterocycles. The molecule has 0 bridgehead atoms. The molecular formula is C11H15BNO. The fraction of sp³-hybridized carbons (Fsp3) is 0.455. The van der Waals surface area contributed by atoms with Crippen LogP contribution in [0.15, 0.2) is 30.3 Å². The zero-order chi connectivity index (χ0) is 9.10. The highest BCUT2D eigenvalue weighted by Gasteiger charge is 2.26. The van der Waals surface area contributed by atoms with E-state index in [0.717, 1.165) is 13.0 Å². The topological polar surface area (TPSA) is 32.3 Å². The fourth-order valence-corrected chi connectivity index (χ4v) is 2.06. The molecule has 0 aliphatic carbocycles. The highest BCUT2D eigenvalue weighted by molar-refractivity contribution is 5.75. The molecule has 1 heterocycles. The predicted molar refractivity (Wildman–Crippen MR) is 58.4 cm³/mol. The maximum atomic E-state index is 9.14. The molecule has 1 saturated heterocycles. The van der Waals surface area contributed by atoms with Crippen LogP contribution in [0.4, 0.5) is 0 Å². The molecular weight excluding hydrogens is 173 g/mol. The van der Waals surface area contributed by atoms with Gasteiger partial charge in [0.25, 0.3) is 0 Å². The molecule has 0 saturated carbocycles. The van der Waals surface area contributed by atoms with Crippen LogP contribution in [0.25, 0.3) is 0 Å². The highest BCUT2D eigenvalue weighted by atomic mass is 16.3. The third-order valence-corrected chi connectivity index (χ3v) is 2.77. The first-order valence-electron chi connectivity index (χ1n) is 4.81. The van der Waals surface area contributed by atoms with Gasteiger partial charge < -0.3 is 10.4 Å². The molecule has 3 heteroatoms. The monoisotopic (exact) mass is 188 g/mol. The number of hydrogen-bond donors (Lipinski definition) is 2. The second-order valence-corrected chi connectivity index (χ2v) is 3.55. The van der Waals surface area contributed by atoms with Gasteiger partial charge in [-0.3, -0.25) is 0 Å². The molecule has 2 atom stereocenters. The van der Waals surface area contributed by atoms with Crippen molar-refractivity contribution in [3.05, 3.63) is 35.9 Å². The summed E-state index contributed by atoms with van der Waals surface area (Å²) in [5.41, 5.74) is 1.34. The summed E-state index contributed by atoms with van der Waals surface area (Å²) in [5.74, 6) is 0.492. The summed E-state index contributed by atoms with van der Waals surface area (Å²) >= 11 is 0. The van der Waals surface area contributed by atoms with Gasteiger partial charge in [-0.05, 0) is 18.5 Å². The molecule has 1 aliphatic rings. The predicted octanol–water partition coefficient (Wildman–Crippen LogP) is 0.744. The van der Waals surface area contributed by atoms with E-state index in [1.54, 1.807) is 0 Å². The molecule has 73 valence electrons. The summed E-state index contributed by atoms with van der Waals surface area (Å²) in [5, 5.41) is 12.4. The molecule has 0 aromatic heterocycles. The van der Waals surface area contributed by atoms with E-state index in [0.29, 0.717) is 5.92 Å². The van der Waals surface area contributed by atoms with Crippen LogP contribution in [0, 0.1) is 0 Å². The van der Waals surface area contributed by atoms with Crippen molar-refractivity contribution >= 4 is 8.41 Å². The second-order valence-electron chi connectivity index (χ2n) is 3.55. The lowest BCUT2D eigenvalue weighted by molar-refractivity contribution is 0.245. The maximum Gasteiger partial charge on any atom is 0.0590 e. The molecule has 1 aromatic carbocycles. The average molecular weight is 188 g/mol. The van der Waals surface area contributed by atoms with Crippen LogP contribution in [-0.4, -0.2) is 32.7 Å². The van der Waals surface area contributed by atoms with Gasteiger partial charge in [0, 0.05) is 20.4 Å². The van der Waals surface area contributed by atoms with E-state index in [1.165, 1.54) is 5.56 Å². The Hall–Kier alpha value is -0.795. The minimum absolute atomic E-state index is 0. The summed E-state index contributed by atoms with van der Waals surface area (Å²) in [7, 11) is 0. The quantitative estimate of drug-likeness (QED) is 0.671. The molecule has 0 amide bonds. The van der Waals surface area contributed by atoms with E-state index in [9.17, 15) is 0 Å². The van der Waals surface area contributed by atoms with Gasteiger partial charge in [0.15, 0.2) is 0 Å². The Morgan fingerprint density at radius 2 is 2.00 bits per heavy atom. The number of aliphatic hydroxyl groups excluding tert-OH is 1. The standard InChI is InChI=1S/C11H15NO.B/c13-8-11-10(6-7-12-11)9-4-2-1-3-5-9;/h1-5,10-13H,6-8H2;/t10-,11-;/m1./s1. The molecule has 1 aromatic rings. The number of nitrogens with one attached hydrogen (secondary N) is 1. The lowest BCUT2D eigenvalue weighted by Crippen LogP contribution is -2.29. The largest absolute Gasteiger partial charge is 0.395 e. The Kier molecular flexibility index (Phi) is 4.17. The van der Waals surface area contributed by atoms with Crippen LogP contribution >= 0.6 is 0 Å². The van der Waals surface area contributed by atoms with Gasteiger partial charge in [0.1, 0.15) is 0 Å². The van der Waals surface area contributed by atoms with E-state index < -0.39 is 0 Å². The van der Waals surface area contributed by atoms with E-state index in [-0.39, 0.29) is 21.1 Å². The van der Waals surface area contributed by atoms with Crippen LogP contribution in [0.5, 0.6) is 0 Å². The van der Waals surface area contributed by atoms with Crippen molar-refractivity contribution < 1.29 is 5.11 Å². The first-order valence-corrected chi connectivity index (χ1v) is 4.81. The Labute approximate surface area is 86.9 Å². The van der Waals surface area contributed by atoms with Crippen molar-refractivity contribution in [3.63, 3.8) is 0 Å². The van der Waals surface area contributed by atoms with Crippen LogP contribution in [0.1, 0.15) is 17.9 Å². The van der Waals surface area contributed by atoms with Crippen LogP contribution in [-0.2, 0) is 0 Å². The zero-order valence-electron chi connectivity index (χ0n) is 8.19. The number of aliphatic hydroxyl groups is 1. The Bertz CT molecular complexity index is 265. The molecule has 14 heavy (non-hydrogen) atoms. The van der Waals surface area contributed by atoms with Crippen molar-refractivity contribution in [2.75, 3.05) is 13.2 Å². The van der Waals surface area contributed by atoms with E-state index in [2.05, 4.69) is 29.6 Å². The van der Waals surface area contributed by atoms with E-state index in [4.69, 9.17) is 5.11 Å². The molecule has 2 N–H and O–H groups in total. The molecule has 2 rings (SSSR count). The smallest absolute Gasteiger partial charge is 0.0590 e. The van der Waals surface area contributed by atoms with Crippen molar-refractivity contribution in [2.45, 2.75) is 18.4 Å². The minimum Gasteiger partial charge on any atom is -0.395 e. The minimum atomic E-state index is 0. The first kappa shape index (κ1) is 11.3. The highest BCUT2D eigenvalue weighted by Crippen LogP contribution is 2.26. The van der Waals surface area contributed by atoms with Crippen LogP contribution < -0.4 is 5.32 Å². The number of benzene rings is 1. The van der Waals surface area contributed by atoms with Crippen LogP contribution in [0.3, 0.4) is 0 Å². The van der Waals surface area contributed by atoms with Gasteiger partial charge in [-0.1, -0.05) is 30.3 Å². The van der Waals surface area contributed by atoms with Gasteiger partial charge in [-0.25, -0.2) is 0 Å². The summed E-state index contributed by atoms with van der Waals surface area (Å²) < 4.78 is 0. The fourth-order valence-electron chi connectivity index (χ4n) is 2.06. The number of hydrogen-bond acceptors (Lipinski definition) is 2. The normalized spacial score (nSPS) is 25.8. The summed E-state index contributed by atoms with van der Waals surface area (Å²) in [4.78, 5) is 0. The van der Waals surface area contributed by atoms with Crippen molar-refractivity contribution in [1.82, 2.24) is 5.32 Å². The van der Waals surface area contributed by atoms with E-state index >= 15 is 0 Å². The molecule has 2 nitrogen and oxygen atoms in total. The Morgan fingerprint density at radius 3 is 2.64 bits per heavy atom. The Morgan fingerprint density at radius 1 is 1.29 bits per heavy atom. The van der Waals surface area contributed by atoms with E-state index in [1.807, 2.05) is 6.07 Å². The lowest BCUT2D eigenvalue weighted by atomic mass is 9.92. The van der Waals surface area contributed by atoms with Gasteiger partial charge >= 0.3 is 0 Å².